The van der Waals surface area contributed by atoms with Gasteiger partial charge in [-0.3, -0.25) is 0 Å². The summed E-state index contributed by atoms with van der Waals surface area (Å²) in [6, 6.07) is 10.1. The molecule has 1 aromatic rings. The van der Waals surface area contributed by atoms with Gasteiger partial charge in [0.05, 0.1) is 12.4 Å². The van der Waals surface area contributed by atoms with Gasteiger partial charge < -0.3 is 10.1 Å². The smallest absolute Gasteiger partial charge is 0.150 e. The first-order chi connectivity index (χ1) is 10.1. The second-order valence-corrected chi connectivity index (χ2v) is 7.55. The first kappa shape index (κ1) is 18.1. The number of ether oxygens (including phenoxy) is 1. The van der Waals surface area contributed by atoms with Crippen LogP contribution in [-0.4, -0.2) is 46.7 Å². The SMILES string of the molecule is CCCS(=O)(=O)CCC(CNCCOC)c1ccccc1. The van der Waals surface area contributed by atoms with E-state index in [1.807, 2.05) is 25.1 Å². The van der Waals surface area contributed by atoms with Crippen LogP contribution in [0.4, 0.5) is 0 Å². The van der Waals surface area contributed by atoms with E-state index < -0.39 is 9.84 Å². The highest BCUT2D eigenvalue weighted by molar-refractivity contribution is 7.91. The summed E-state index contributed by atoms with van der Waals surface area (Å²) < 4.78 is 28.8. The second kappa shape index (κ2) is 9.92. The van der Waals surface area contributed by atoms with Crippen molar-refractivity contribution in [2.45, 2.75) is 25.7 Å². The maximum atomic E-state index is 11.9. The molecular weight excluding hydrogens is 286 g/mol. The molecule has 0 spiro atoms. The van der Waals surface area contributed by atoms with Gasteiger partial charge in [0.1, 0.15) is 9.84 Å². The second-order valence-electron chi connectivity index (χ2n) is 5.25. The van der Waals surface area contributed by atoms with Crippen LogP contribution in [-0.2, 0) is 14.6 Å². The molecule has 0 bridgehead atoms. The molecule has 0 saturated heterocycles. The molecule has 1 atom stereocenters. The molecule has 0 radical (unpaired) electrons. The summed E-state index contributed by atoms with van der Waals surface area (Å²) in [5.74, 6) is 0.757. The highest BCUT2D eigenvalue weighted by Crippen LogP contribution is 2.19. The van der Waals surface area contributed by atoms with E-state index in [2.05, 4.69) is 17.4 Å². The number of nitrogens with one attached hydrogen (secondary N) is 1. The van der Waals surface area contributed by atoms with Gasteiger partial charge in [-0.2, -0.15) is 0 Å². The van der Waals surface area contributed by atoms with Crippen molar-refractivity contribution in [3.63, 3.8) is 0 Å². The zero-order valence-corrected chi connectivity index (χ0v) is 13.9. The van der Waals surface area contributed by atoms with Crippen molar-refractivity contribution in [1.29, 1.82) is 0 Å². The molecule has 0 heterocycles. The van der Waals surface area contributed by atoms with Crippen LogP contribution in [0.15, 0.2) is 30.3 Å². The first-order valence-corrected chi connectivity index (χ1v) is 9.36. The molecule has 120 valence electrons. The Kier molecular flexibility index (Phi) is 8.57. The average molecular weight is 313 g/mol. The molecule has 0 saturated carbocycles. The van der Waals surface area contributed by atoms with Crippen LogP contribution in [0.2, 0.25) is 0 Å². The van der Waals surface area contributed by atoms with Gasteiger partial charge >= 0.3 is 0 Å². The lowest BCUT2D eigenvalue weighted by atomic mass is 9.96. The molecular formula is C16H27NO3S. The molecule has 1 rings (SSSR count). The van der Waals surface area contributed by atoms with Crippen LogP contribution in [0.1, 0.15) is 31.2 Å². The summed E-state index contributed by atoms with van der Waals surface area (Å²) in [4.78, 5) is 0. The average Bonchev–Trinajstić information content (AvgIpc) is 2.47. The van der Waals surface area contributed by atoms with Gasteiger partial charge in [0.15, 0.2) is 0 Å². The fourth-order valence-electron chi connectivity index (χ4n) is 2.30. The highest BCUT2D eigenvalue weighted by Gasteiger charge is 2.16. The van der Waals surface area contributed by atoms with Crippen molar-refractivity contribution in [1.82, 2.24) is 5.32 Å². The summed E-state index contributed by atoms with van der Waals surface area (Å²) in [5.41, 5.74) is 1.19. The monoisotopic (exact) mass is 313 g/mol. The van der Waals surface area contributed by atoms with Crippen molar-refractivity contribution in [3.05, 3.63) is 35.9 Å². The van der Waals surface area contributed by atoms with E-state index in [0.29, 0.717) is 19.4 Å². The van der Waals surface area contributed by atoms with E-state index in [9.17, 15) is 8.42 Å². The lowest BCUT2D eigenvalue weighted by Crippen LogP contribution is -2.26. The van der Waals surface area contributed by atoms with Crippen molar-refractivity contribution in [2.75, 3.05) is 38.3 Å². The van der Waals surface area contributed by atoms with Gasteiger partial charge in [0, 0.05) is 26.0 Å². The van der Waals surface area contributed by atoms with Crippen LogP contribution in [0, 0.1) is 0 Å². The Morgan fingerprint density at radius 1 is 1.19 bits per heavy atom. The Hall–Kier alpha value is -0.910. The van der Waals surface area contributed by atoms with Gasteiger partial charge in [-0.05, 0) is 24.3 Å². The number of hydrogen-bond acceptors (Lipinski definition) is 4. The molecule has 1 unspecified atom stereocenters. The van der Waals surface area contributed by atoms with Crippen LogP contribution < -0.4 is 5.32 Å². The maximum absolute atomic E-state index is 11.9. The molecule has 21 heavy (non-hydrogen) atoms. The Morgan fingerprint density at radius 3 is 2.52 bits per heavy atom. The molecule has 5 heteroatoms. The Bertz CT molecular complexity index is 474. The summed E-state index contributed by atoms with van der Waals surface area (Å²) in [6.07, 6.45) is 1.34. The van der Waals surface area contributed by atoms with E-state index in [-0.39, 0.29) is 17.4 Å². The quantitative estimate of drug-likeness (QED) is 0.637. The third-order valence-corrected chi connectivity index (χ3v) is 5.33. The van der Waals surface area contributed by atoms with E-state index in [0.717, 1.165) is 13.1 Å². The minimum atomic E-state index is -2.92. The number of hydrogen-bond donors (Lipinski definition) is 1. The molecule has 0 amide bonds. The minimum Gasteiger partial charge on any atom is -0.383 e. The normalized spacial score (nSPS) is 13.2. The number of methoxy groups -OCH3 is 1. The zero-order chi connectivity index (χ0) is 15.6. The number of rotatable bonds is 11. The lowest BCUT2D eigenvalue weighted by molar-refractivity contribution is 0.199. The highest BCUT2D eigenvalue weighted by atomic mass is 32.2. The molecule has 0 aliphatic heterocycles. The minimum absolute atomic E-state index is 0.217. The molecule has 4 nitrogen and oxygen atoms in total. The van der Waals surface area contributed by atoms with Crippen LogP contribution >= 0.6 is 0 Å². The van der Waals surface area contributed by atoms with E-state index in [1.165, 1.54) is 5.56 Å². The summed E-state index contributed by atoms with van der Waals surface area (Å²) in [6.45, 7) is 4.12. The lowest BCUT2D eigenvalue weighted by Gasteiger charge is -2.18. The van der Waals surface area contributed by atoms with Gasteiger partial charge in [0.25, 0.3) is 0 Å². The molecule has 1 aromatic carbocycles. The molecule has 1 N–H and O–H groups in total. The van der Waals surface area contributed by atoms with Crippen molar-refractivity contribution in [2.24, 2.45) is 0 Å². The van der Waals surface area contributed by atoms with E-state index >= 15 is 0 Å². The predicted octanol–water partition coefficient (Wildman–Crippen LogP) is 2.22. The largest absolute Gasteiger partial charge is 0.383 e. The van der Waals surface area contributed by atoms with Crippen LogP contribution in [0.3, 0.4) is 0 Å². The standard InChI is InChI=1S/C16H27NO3S/c1-3-12-21(18,19)13-9-16(14-17-10-11-20-2)15-7-5-4-6-8-15/h4-8,16-17H,3,9-14H2,1-2H3. The van der Waals surface area contributed by atoms with Crippen LogP contribution in [0.5, 0.6) is 0 Å². The third-order valence-electron chi connectivity index (χ3n) is 3.44. The van der Waals surface area contributed by atoms with Gasteiger partial charge in [0.2, 0.25) is 0 Å². The van der Waals surface area contributed by atoms with Gasteiger partial charge in [-0.25, -0.2) is 8.42 Å². The summed E-state index contributed by atoms with van der Waals surface area (Å²) >= 11 is 0. The van der Waals surface area contributed by atoms with Crippen LogP contribution in [0.25, 0.3) is 0 Å². The number of benzene rings is 1. The van der Waals surface area contributed by atoms with Crippen molar-refractivity contribution >= 4 is 9.84 Å². The van der Waals surface area contributed by atoms with E-state index in [1.54, 1.807) is 7.11 Å². The first-order valence-electron chi connectivity index (χ1n) is 7.54. The fraction of sp³-hybridized carbons (Fsp3) is 0.625. The van der Waals surface area contributed by atoms with Crippen molar-refractivity contribution < 1.29 is 13.2 Å². The molecule has 0 aromatic heterocycles. The Balaban J connectivity index is 2.60. The van der Waals surface area contributed by atoms with E-state index in [4.69, 9.17) is 4.74 Å². The predicted molar refractivity (Wildman–Crippen MR) is 87.5 cm³/mol. The Morgan fingerprint density at radius 2 is 1.90 bits per heavy atom. The zero-order valence-electron chi connectivity index (χ0n) is 13.0. The molecule has 0 fully saturated rings. The molecule has 0 aliphatic carbocycles. The summed E-state index contributed by atoms with van der Waals surface area (Å²) in [5, 5.41) is 3.33. The molecule has 0 aliphatic rings. The fourth-order valence-corrected chi connectivity index (χ4v) is 3.77. The topological polar surface area (TPSA) is 55.4 Å². The third kappa shape index (κ3) is 7.60. The number of sulfone groups is 1. The summed E-state index contributed by atoms with van der Waals surface area (Å²) in [7, 11) is -1.25. The van der Waals surface area contributed by atoms with Gasteiger partial charge in [-0.15, -0.1) is 0 Å². The van der Waals surface area contributed by atoms with Gasteiger partial charge in [-0.1, -0.05) is 37.3 Å². The Labute approximate surface area is 128 Å². The van der Waals surface area contributed by atoms with Crippen molar-refractivity contribution in [3.8, 4) is 0 Å². The maximum Gasteiger partial charge on any atom is 0.150 e.